The highest BCUT2D eigenvalue weighted by Crippen LogP contribution is 2.30. The van der Waals surface area contributed by atoms with Crippen molar-refractivity contribution in [2.45, 2.75) is 13.0 Å². The van der Waals surface area contributed by atoms with Crippen molar-refractivity contribution in [3.63, 3.8) is 0 Å². The Bertz CT molecular complexity index is 810. The van der Waals surface area contributed by atoms with Crippen molar-refractivity contribution in [2.24, 2.45) is 0 Å². The molecule has 0 aliphatic carbocycles. The van der Waals surface area contributed by atoms with Gasteiger partial charge in [0.2, 0.25) is 0 Å². The van der Waals surface area contributed by atoms with Crippen LogP contribution in [0.25, 0.3) is 11.3 Å². The number of carbonyl (C=O) groups is 1. The molecule has 0 aliphatic heterocycles. The van der Waals surface area contributed by atoms with Gasteiger partial charge >= 0.3 is 0 Å². The van der Waals surface area contributed by atoms with Crippen LogP contribution in [-0.2, 0) is 0 Å². The lowest BCUT2D eigenvalue weighted by Gasteiger charge is -2.23. The van der Waals surface area contributed by atoms with Crippen LogP contribution >= 0.6 is 22.9 Å². The highest BCUT2D eigenvalue weighted by molar-refractivity contribution is 7.10. The first-order valence-electron chi connectivity index (χ1n) is 7.23. The molecule has 0 N–H and O–H groups in total. The number of furan rings is 1. The Hall–Kier alpha value is -2.04. The van der Waals surface area contributed by atoms with Crippen LogP contribution in [0.3, 0.4) is 0 Å². The van der Waals surface area contributed by atoms with Gasteiger partial charge in [0, 0.05) is 17.5 Å². The van der Waals surface area contributed by atoms with Crippen LogP contribution in [0.2, 0.25) is 5.02 Å². The van der Waals surface area contributed by atoms with Crippen molar-refractivity contribution in [1.82, 2.24) is 4.90 Å². The number of thiophene rings is 1. The predicted octanol–water partition coefficient (Wildman–Crippen LogP) is 5.49. The maximum Gasteiger partial charge on any atom is 0.289 e. The van der Waals surface area contributed by atoms with Crippen molar-refractivity contribution in [3.8, 4) is 11.3 Å². The van der Waals surface area contributed by atoms with Crippen molar-refractivity contribution in [2.75, 3.05) is 7.05 Å². The summed E-state index contributed by atoms with van der Waals surface area (Å²) in [7, 11) is 1.78. The van der Waals surface area contributed by atoms with Crippen molar-refractivity contribution >= 4 is 28.8 Å². The van der Waals surface area contributed by atoms with E-state index in [1.54, 1.807) is 41.5 Å². The van der Waals surface area contributed by atoms with Crippen LogP contribution in [0.15, 0.2) is 58.3 Å². The third-order valence-electron chi connectivity index (χ3n) is 3.81. The topological polar surface area (TPSA) is 33.5 Å². The molecule has 3 nitrogen and oxygen atoms in total. The Balaban J connectivity index is 1.83. The van der Waals surface area contributed by atoms with Gasteiger partial charge in [-0.3, -0.25) is 4.79 Å². The lowest BCUT2D eigenvalue weighted by Crippen LogP contribution is -2.28. The molecular weight excluding hydrogens is 330 g/mol. The number of hydrogen-bond donors (Lipinski definition) is 0. The van der Waals surface area contributed by atoms with Gasteiger partial charge in [0.25, 0.3) is 5.91 Å². The smallest absolute Gasteiger partial charge is 0.289 e. The number of rotatable bonds is 4. The van der Waals surface area contributed by atoms with Crippen LogP contribution in [0, 0.1) is 0 Å². The fourth-order valence-electron chi connectivity index (χ4n) is 2.33. The van der Waals surface area contributed by atoms with E-state index >= 15 is 0 Å². The summed E-state index contributed by atoms with van der Waals surface area (Å²) in [6, 6.07) is 14.9. The third kappa shape index (κ3) is 3.19. The minimum Gasteiger partial charge on any atom is -0.451 e. The Labute approximate surface area is 144 Å². The minimum atomic E-state index is -0.149. The van der Waals surface area contributed by atoms with Crippen LogP contribution in [0.4, 0.5) is 0 Å². The van der Waals surface area contributed by atoms with Gasteiger partial charge < -0.3 is 9.32 Å². The molecule has 118 valence electrons. The summed E-state index contributed by atoms with van der Waals surface area (Å²) < 4.78 is 5.73. The largest absolute Gasteiger partial charge is 0.451 e. The minimum absolute atomic E-state index is 0.00337. The van der Waals surface area contributed by atoms with E-state index in [0.717, 1.165) is 10.4 Å². The summed E-state index contributed by atoms with van der Waals surface area (Å²) in [5.41, 5.74) is 0.780. The molecule has 3 rings (SSSR count). The first-order chi connectivity index (χ1) is 11.1. The summed E-state index contributed by atoms with van der Waals surface area (Å²) in [6.45, 7) is 2.00. The first-order valence-corrected chi connectivity index (χ1v) is 8.49. The average Bonchev–Trinajstić information content (AvgIpc) is 3.24. The first kappa shape index (κ1) is 15.8. The van der Waals surface area contributed by atoms with Crippen molar-refractivity contribution in [1.29, 1.82) is 0 Å². The Morgan fingerprint density at radius 3 is 2.65 bits per heavy atom. The zero-order valence-electron chi connectivity index (χ0n) is 12.8. The van der Waals surface area contributed by atoms with Gasteiger partial charge in [-0.25, -0.2) is 0 Å². The summed E-state index contributed by atoms with van der Waals surface area (Å²) >= 11 is 7.81. The molecule has 23 heavy (non-hydrogen) atoms. The molecular formula is C18H16ClNO2S. The molecule has 0 unspecified atom stereocenters. The number of nitrogens with zero attached hydrogens (tertiary/aromatic N) is 1. The Morgan fingerprint density at radius 2 is 1.96 bits per heavy atom. The monoisotopic (exact) mass is 345 g/mol. The van der Waals surface area contributed by atoms with E-state index in [1.807, 2.05) is 42.6 Å². The van der Waals surface area contributed by atoms with E-state index < -0.39 is 0 Å². The maximum absolute atomic E-state index is 12.6. The molecule has 1 atom stereocenters. The Morgan fingerprint density at radius 1 is 1.17 bits per heavy atom. The second kappa shape index (κ2) is 6.60. The van der Waals surface area contributed by atoms with E-state index in [1.165, 1.54) is 0 Å². The van der Waals surface area contributed by atoms with Gasteiger partial charge in [-0.1, -0.05) is 29.8 Å². The second-order valence-corrected chi connectivity index (χ2v) is 6.64. The number of hydrogen-bond acceptors (Lipinski definition) is 3. The van der Waals surface area contributed by atoms with E-state index in [9.17, 15) is 4.79 Å². The fourth-order valence-corrected chi connectivity index (χ4v) is 3.38. The van der Waals surface area contributed by atoms with Gasteiger partial charge in [0.1, 0.15) is 5.76 Å². The van der Waals surface area contributed by atoms with E-state index in [4.69, 9.17) is 16.0 Å². The molecule has 1 aromatic carbocycles. The highest BCUT2D eigenvalue weighted by atomic mass is 35.5. The zero-order valence-corrected chi connectivity index (χ0v) is 14.4. The molecule has 0 bridgehead atoms. The van der Waals surface area contributed by atoms with Crippen molar-refractivity contribution in [3.05, 3.63) is 69.6 Å². The summed E-state index contributed by atoms with van der Waals surface area (Å²) in [5.74, 6) is 0.756. The van der Waals surface area contributed by atoms with E-state index in [0.29, 0.717) is 16.5 Å². The van der Waals surface area contributed by atoms with E-state index in [2.05, 4.69) is 0 Å². The van der Waals surface area contributed by atoms with Crippen molar-refractivity contribution < 1.29 is 9.21 Å². The molecule has 3 aromatic rings. The molecule has 2 aromatic heterocycles. The zero-order chi connectivity index (χ0) is 16.4. The van der Waals surface area contributed by atoms with Crippen LogP contribution in [-0.4, -0.2) is 17.9 Å². The Kier molecular flexibility index (Phi) is 4.55. The fraction of sp³-hybridized carbons (Fsp3) is 0.167. The SMILES string of the molecule is C[C@@H](c1cccs1)N(C)C(=O)c1ccc(-c2ccccc2Cl)o1. The summed E-state index contributed by atoms with van der Waals surface area (Å²) in [5, 5.41) is 2.60. The second-order valence-electron chi connectivity index (χ2n) is 5.25. The number of amides is 1. The summed E-state index contributed by atoms with van der Waals surface area (Å²) in [4.78, 5) is 15.4. The molecule has 5 heteroatoms. The number of benzene rings is 1. The van der Waals surface area contributed by atoms with Gasteiger partial charge in [0.15, 0.2) is 5.76 Å². The highest BCUT2D eigenvalue weighted by Gasteiger charge is 2.22. The van der Waals surface area contributed by atoms with Gasteiger partial charge in [0.05, 0.1) is 11.1 Å². The summed E-state index contributed by atoms with van der Waals surface area (Å²) in [6.07, 6.45) is 0. The van der Waals surface area contributed by atoms with Crippen LogP contribution < -0.4 is 0 Å². The predicted molar refractivity (Wildman–Crippen MR) is 94.0 cm³/mol. The molecule has 0 spiro atoms. The number of carbonyl (C=O) groups excluding carboxylic acids is 1. The van der Waals surface area contributed by atoms with Crippen LogP contribution in [0.5, 0.6) is 0 Å². The lowest BCUT2D eigenvalue weighted by atomic mass is 10.2. The third-order valence-corrected chi connectivity index (χ3v) is 5.18. The maximum atomic E-state index is 12.6. The molecule has 0 aliphatic rings. The standard InChI is InChI=1S/C18H16ClNO2S/c1-12(17-8-5-11-23-17)20(2)18(21)16-10-9-15(22-16)13-6-3-4-7-14(13)19/h3-12H,1-2H3/t12-/m0/s1. The molecule has 0 saturated heterocycles. The molecule has 1 amide bonds. The quantitative estimate of drug-likeness (QED) is 0.626. The normalized spacial score (nSPS) is 12.1. The average molecular weight is 346 g/mol. The molecule has 0 fully saturated rings. The van der Waals surface area contributed by atoms with Gasteiger partial charge in [-0.15, -0.1) is 11.3 Å². The molecule has 0 saturated carbocycles. The van der Waals surface area contributed by atoms with Crippen LogP contribution in [0.1, 0.15) is 28.4 Å². The molecule has 0 radical (unpaired) electrons. The number of halogens is 1. The van der Waals surface area contributed by atoms with Gasteiger partial charge in [-0.05, 0) is 42.6 Å². The van der Waals surface area contributed by atoms with Gasteiger partial charge in [-0.2, -0.15) is 0 Å². The van der Waals surface area contributed by atoms with E-state index in [-0.39, 0.29) is 11.9 Å². The lowest BCUT2D eigenvalue weighted by molar-refractivity contribution is 0.0713. The molecule has 2 heterocycles.